The lowest BCUT2D eigenvalue weighted by molar-refractivity contribution is -0.145. The second-order valence-electron chi connectivity index (χ2n) is 5.72. The van der Waals surface area contributed by atoms with Gasteiger partial charge in [0.25, 0.3) is 0 Å². The van der Waals surface area contributed by atoms with Crippen molar-refractivity contribution < 1.29 is 14.6 Å². The summed E-state index contributed by atoms with van der Waals surface area (Å²) >= 11 is 5.19. The van der Waals surface area contributed by atoms with Gasteiger partial charge in [-0.15, -0.1) is 0 Å². The lowest BCUT2D eigenvalue weighted by atomic mass is 9.78. The predicted molar refractivity (Wildman–Crippen MR) is 80.3 cm³/mol. The highest BCUT2D eigenvalue weighted by atomic mass is 32.1. The summed E-state index contributed by atoms with van der Waals surface area (Å²) in [5.41, 5.74) is 5.13. The van der Waals surface area contributed by atoms with E-state index in [2.05, 4.69) is 0 Å². The summed E-state index contributed by atoms with van der Waals surface area (Å²) < 4.78 is 5.35. The van der Waals surface area contributed by atoms with Gasteiger partial charge in [-0.05, 0) is 25.7 Å². The summed E-state index contributed by atoms with van der Waals surface area (Å²) in [7, 11) is 0. The molecule has 0 spiro atoms. The zero-order valence-corrected chi connectivity index (χ0v) is 12.7. The fraction of sp³-hybridized carbons (Fsp3) is 0.857. The van der Waals surface area contributed by atoms with Gasteiger partial charge in [-0.3, -0.25) is 4.79 Å². The Hall–Kier alpha value is -0.720. The van der Waals surface area contributed by atoms with Crippen molar-refractivity contribution in [3.63, 3.8) is 0 Å². The van der Waals surface area contributed by atoms with Crippen molar-refractivity contribution in [1.29, 1.82) is 0 Å². The van der Waals surface area contributed by atoms with Crippen molar-refractivity contribution in [2.24, 2.45) is 11.1 Å². The topological polar surface area (TPSA) is 75.8 Å². The lowest BCUT2D eigenvalue weighted by Gasteiger charge is -2.41. The molecule has 2 fully saturated rings. The number of rotatable bonds is 5. The summed E-state index contributed by atoms with van der Waals surface area (Å²) in [5, 5.41) is 9.28. The third kappa shape index (κ3) is 2.97. The van der Waals surface area contributed by atoms with Gasteiger partial charge in [-0.2, -0.15) is 0 Å². The molecule has 2 rings (SSSR count). The molecule has 1 aliphatic carbocycles. The maximum atomic E-state index is 13.0. The molecule has 20 heavy (non-hydrogen) atoms. The minimum Gasteiger partial charge on any atom is -0.395 e. The van der Waals surface area contributed by atoms with E-state index >= 15 is 0 Å². The largest absolute Gasteiger partial charge is 0.395 e. The van der Waals surface area contributed by atoms with Crippen molar-refractivity contribution in [1.82, 2.24) is 4.90 Å². The number of amides is 1. The third-order valence-electron chi connectivity index (χ3n) is 4.59. The molecule has 1 amide bonds. The van der Waals surface area contributed by atoms with Crippen molar-refractivity contribution >= 4 is 23.1 Å². The van der Waals surface area contributed by atoms with Gasteiger partial charge in [-0.25, -0.2) is 0 Å². The molecule has 114 valence electrons. The molecule has 0 bridgehead atoms. The summed E-state index contributed by atoms with van der Waals surface area (Å²) in [4.78, 5) is 15.1. The molecular formula is C14H24N2O3S. The Balaban J connectivity index is 2.20. The first kappa shape index (κ1) is 15.7. The number of hydrogen-bond donors (Lipinski definition) is 2. The van der Waals surface area contributed by atoms with Crippen molar-refractivity contribution in [2.45, 2.75) is 44.6 Å². The molecule has 0 aromatic carbocycles. The fourth-order valence-electron chi connectivity index (χ4n) is 3.33. The normalized spacial score (nSPS) is 22.6. The Morgan fingerprint density at radius 2 is 1.95 bits per heavy atom. The van der Waals surface area contributed by atoms with Gasteiger partial charge in [0.1, 0.15) is 5.41 Å². The van der Waals surface area contributed by atoms with Crippen LogP contribution in [0.4, 0.5) is 0 Å². The summed E-state index contributed by atoms with van der Waals surface area (Å²) in [6.07, 6.45) is 5.41. The molecule has 0 radical (unpaired) electrons. The zero-order valence-electron chi connectivity index (χ0n) is 11.8. The van der Waals surface area contributed by atoms with E-state index in [-0.39, 0.29) is 23.5 Å². The number of hydrogen-bond acceptors (Lipinski definition) is 4. The zero-order chi connectivity index (χ0) is 14.6. The van der Waals surface area contributed by atoms with E-state index in [4.69, 9.17) is 22.7 Å². The van der Waals surface area contributed by atoms with Gasteiger partial charge >= 0.3 is 0 Å². The summed E-state index contributed by atoms with van der Waals surface area (Å²) in [6, 6.07) is 0.226. The van der Waals surface area contributed by atoms with E-state index in [1.807, 2.05) is 4.90 Å². The van der Waals surface area contributed by atoms with Crippen LogP contribution in [0, 0.1) is 5.41 Å². The van der Waals surface area contributed by atoms with Crippen LogP contribution in [0.1, 0.15) is 38.5 Å². The minimum atomic E-state index is -0.772. The Bertz CT molecular complexity index is 363. The molecule has 6 heteroatoms. The first-order valence-corrected chi connectivity index (χ1v) is 7.82. The summed E-state index contributed by atoms with van der Waals surface area (Å²) in [5.74, 6) is -0.00532. The van der Waals surface area contributed by atoms with Crippen molar-refractivity contribution in [3.05, 3.63) is 0 Å². The highest BCUT2D eigenvalue weighted by Gasteiger charge is 2.46. The molecule has 1 heterocycles. The van der Waals surface area contributed by atoms with Crippen molar-refractivity contribution in [3.8, 4) is 0 Å². The molecule has 3 N–H and O–H groups in total. The Morgan fingerprint density at radius 1 is 1.35 bits per heavy atom. The fourth-order valence-corrected chi connectivity index (χ4v) is 3.63. The third-order valence-corrected chi connectivity index (χ3v) is 4.99. The maximum Gasteiger partial charge on any atom is 0.236 e. The van der Waals surface area contributed by atoms with Crippen LogP contribution in [0.3, 0.4) is 0 Å². The lowest BCUT2D eigenvalue weighted by Crippen LogP contribution is -2.56. The van der Waals surface area contributed by atoms with Crippen LogP contribution in [-0.4, -0.2) is 53.3 Å². The number of nitrogens with two attached hydrogens (primary N) is 1. The second kappa shape index (κ2) is 6.83. The second-order valence-corrected chi connectivity index (χ2v) is 6.16. The van der Waals surface area contributed by atoms with Crippen LogP contribution in [-0.2, 0) is 9.53 Å². The standard InChI is InChI=1S/C14H24N2O3S/c15-12(20)14(5-9-19-10-6-14)13(18)16(7-8-17)11-3-1-2-4-11/h11,17H,1-10H2,(H2,15,20). The number of aliphatic hydroxyl groups excluding tert-OH is 1. The maximum absolute atomic E-state index is 13.0. The smallest absolute Gasteiger partial charge is 0.236 e. The number of nitrogens with zero attached hydrogens (tertiary/aromatic N) is 1. The minimum absolute atomic E-state index is 0.00532. The Morgan fingerprint density at radius 3 is 2.45 bits per heavy atom. The number of carbonyl (C=O) groups is 1. The molecule has 1 saturated carbocycles. The van der Waals surface area contributed by atoms with Crippen LogP contribution in [0.25, 0.3) is 0 Å². The van der Waals surface area contributed by atoms with E-state index in [0.717, 1.165) is 25.7 Å². The number of aliphatic hydroxyl groups is 1. The van der Waals surface area contributed by atoms with Gasteiger partial charge in [0.15, 0.2) is 0 Å². The van der Waals surface area contributed by atoms with Crippen LogP contribution in [0.15, 0.2) is 0 Å². The van der Waals surface area contributed by atoms with E-state index in [9.17, 15) is 9.90 Å². The van der Waals surface area contributed by atoms with E-state index in [1.54, 1.807) is 0 Å². The molecular weight excluding hydrogens is 276 g/mol. The van der Waals surface area contributed by atoms with Gasteiger partial charge in [0.2, 0.25) is 5.91 Å². The average molecular weight is 300 g/mol. The Kier molecular flexibility index (Phi) is 5.35. The van der Waals surface area contributed by atoms with Gasteiger partial charge in [0.05, 0.1) is 11.6 Å². The molecule has 1 aliphatic heterocycles. The van der Waals surface area contributed by atoms with Crippen LogP contribution < -0.4 is 5.73 Å². The number of carbonyl (C=O) groups excluding carboxylic acids is 1. The molecule has 0 unspecified atom stereocenters. The first-order valence-electron chi connectivity index (χ1n) is 7.41. The van der Waals surface area contributed by atoms with Crippen LogP contribution in [0.2, 0.25) is 0 Å². The SMILES string of the molecule is NC(=S)C1(C(=O)N(CCO)C2CCCC2)CCOCC1. The molecule has 1 saturated heterocycles. The van der Waals surface area contributed by atoms with Gasteiger partial charge < -0.3 is 20.5 Å². The molecule has 0 aromatic heterocycles. The average Bonchev–Trinajstić information content (AvgIpc) is 2.98. The van der Waals surface area contributed by atoms with E-state index < -0.39 is 5.41 Å². The highest BCUT2D eigenvalue weighted by molar-refractivity contribution is 7.80. The first-order chi connectivity index (χ1) is 9.62. The van der Waals surface area contributed by atoms with Gasteiger partial charge in [0, 0.05) is 25.8 Å². The molecule has 2 aliphatic rings. The predicted octanol–water partition coefficient (Wildman–Crippen LogP) is 0.833. The van der Waals surface area contributed by atoms with Crippen LogP contribution >= 0.6 is 12.2 Å². The quantitative estimate of drug-likeness (QED) is 0.736. The number of ether oxygens (including phenoxy) is 1. The molecule has 0 aromatic rings. The van der Waals surface area contributed by atoms with Crippen LogP contribution in [0.5, 0.6) is 0 Å². The highest BCUT2D eigenvalue weighted by Crippen LogP contribution is 2.36. The Labute approximate surface area is 125 Å². The van der Waals surface area contributed by atoms with Crippen molar-refractivity contribution in [2.75, 3.05) is 26.4 Å². The monoisotopic (exact) mass is 300 g/mol. The van der Waals surface area contributed by atoms with E-state index in [0.29, 0.717) is 32.6 Å². The number of thiocarbonyl (C=S) groups is 1. The van der Waals surface area contributed by atoms with Gasteiger partial charge in [-0.1, -0.05) is 25.1 Å². The molecule has 0 atom stereocenters. The van der Waals surface area contributed by atoms with E-state index in [1.165, 1.54) is 0 Å². The summed E-state index contributed by atoms with van der Waals surface area (Å²) in [6.45, 7) is 1.38. The molecule has 5 nitrogen and oxygen atoms in total.